The molecule has 0 saturated heterocycles. The Hall–Kier alpha value is -1.36. The second-order valence-electron chi connectivity index (χ2n) is 3.00. The van der Waals surface area contributed by atoms with Gasteiger partial charge in [0.1, 0.15) is 0 Å². The first-order valence-electron chi connectivity index (χ1n) is 4.27. The molecule has 0 bridgehead atoms. The fraction of sp³-hybridized carbons (Fsp3) is 0.100. The van der Waals surface area contributed by atoms with E-state index in [1.54, 1.807) is 36.1 Å². The van der Waals surface area contributed by atoms with Crippen LogP contribution in [0.15, 0.2) is 35.1 Å². The van der Waals surface area contributed by atoms with E-state index in [1.165, 1.54) is 6.07 Å². The van der Waals surface area contributed by atoms with Gasteiger partial charge in [0.15, 0.2) is 11.6 Å². The summed E-state index contributed by atoms with van der Waals surface area (Å²) in [5.41, 5.74) is 0. The molecule has 0 aliphatic rings. The van der Waals surface area contributed by atoms with E-state index in [0.717, 1.165) is 0 Å². The molecule has 0 N–H and O–H groups in total. The van der Waals surface area contributed by atoms with Gasteiger partial charge in [-0.2, -0.15) is 0 Å². The molecular weight excluding hydrogens is 263 g/mol. The van der Waals surface area contributed by atoms with E-state index in [0.29, 0.717) is 10.5 Å². The monoisotopic (exact) mass is 270 g/mol. The van der Waals surface area contributed by atoms with E-state index in [1.807, 2.05) is 0 Å². The standard InChI is InChI=1S/C10H8BrFN2O/c1-14-5-4-13-10(14)15-9-3-2-7(11)6-8(9)12/h2-6H,1H3. The van der Waals surface area contributed by atoms with Crippen molar-refractivity contribution in [3.63, 3.8) is 0 Å². The molecule has 2 aromatic rings. The third-order valence-electron chi connectivity index (χ3n) is 1.87. The maximum absolute atomic E-state index is 13.4. The molecule has 78 valence electrons. The maximum atomic E-state index is 13.4. The molecule has 3 nitrogen and oxygen atoms in total. The van der Waals surface area contributed by atoms with Crippen LogP contribution in [0, 0.1) is 5.82 Å². The molecule has 1 aromatic carbocycles. The number of nitrogens with zero attached hydrogens (tertiary/aromatic N) is 2. The number of benzene rings is 1. The van der Waals surface area contributed by atoms with E-state index in [2.05, 4.69) is 20.9 Å². The second-order valence-corrected chi connectivity index (χ2v) is 3.91. The summed E-state index contributed by atoms with van der Waals surface area (Å²) < 4.78 is 21.0. The Balaban J connectivity index is 2.29. The van der Waals surface area contributed by atoms with Crippen molar-refractivity contribution >= 4 is 15.9 Å². The molecule has 1 aromatic heterocycles. The van der Waals surface area contributed by atoms with Crippen LogP contribution in [0.2, 0.25) is 0 Å². The summed E-state index contributed by atoms with van der Waals surface area (Å²) in [5, 5.41) is 0. The van der Waals surface area contributed by atoms with Crippen LogP contribution in [0.4, 0.5) is 4.39 Å². The molecule has 0 saturated carbocycles. The zero-order valence-electron chi connectivity index (χ0n) is 7.95. The highest BCUT2D eigenvalue weighted by Gasteiger charge is 2.07. The lowest BCUT2D eigenvalue weighted by molar-refractivity contribution is 0.397. The van der Waals surface area contributed by atoms with Crippen molar-refractivity contribution in [2.75, 3.05) is 0 Å². The Morgan fingerprint density at radius 2 is 2.27 bits per heavy atom. The summed E-state index contributed by atoms with van der Waals surface area (Å²) in [7, 11) is 1.78. The third-order valence-corrected chi connectivity index (χ3v) is 2.37. The Labute approximate surface area is 94.6 Å². The van der Waals surface area contributed by atoms with Gasteiger partial charge in [-0.1, -0.05) is 15.9 Å². The second kappa shape index (κ2) is 4.02. The van der Waals surface area contributed by atoms with Gasteiger partial charge in [-0.05, 0) is 18.2 Å². The van der Waals surface area contributed by atoms with Crippen LogP contribution in [0.1, 0.15) is 0 Å². The number of aryl methyl sites for hydroxylation is 1. The number of rotatable bonds is 2. The number of aromatic nitrogens is 2. The highest BCUT2D eigenvalue weighted by Crippen LogP contribution is 2.25. The third kappa shape index (κ3) is 2.18. The Kier molecular flexibility index (Phi) is 2.73. The molecule has 0 radical (unpaired) electrons. The van der Waals surface area contributed by atoms with E-state index in [9.17, 15) is 4.39 Å². The van der Waals surface area contributed by atoms with Crippen molar-refractivity contribution in [1.29, 1.82) is 0 Å². The lowest BCUT2D eigenvalue weighted by atomic mass is 10.3. The van der Waals surface area contributed by atoms with Crippen molar-refractivity contribution in [2.24, 2.45) is 7.05 Å². The van der Waals surface area contributed by atoms with Gasteiger partial charge in [0.05, 0.1) is 0 Å². The summed E-state index contributed by atoms with van der Waals surface area (Å²) in [6.07, 6.45) is 3.32. The minimum Gasteiger partial charge on any atom is -0.422 e. The molecule has 5 heteroatoms. The molecule has 1 heterocycles. The maximum Gasteiger partial charge on any atom is 0.301 e. The first-order chi connectivity index (χ1) is 7.16. The SMILES string of the molecule is Cn1ccnc1Oc1ccc(Br)cc1F. The fourth-order valence-corrected chi connectivity index (χ4v) is 1.44. The molecule has 15 heavy (non-hydrogen) atoms. The summed E-state index contributed by atoms with van der Waals surface area (Å²) in [5.74, 6) is -0.264. The van der Waals surface area contributed by atoms with Crippen molar-refractivity contribution in [2.45, 2.75) is 0 Å². The van der Waals surface area contributed by atoms with Gasteiger partial charge in [0, 0.05) is 23.9 Å². The first-order valence-corrected chi connectivity index (χ1v) is 5.06. The largest absolute Gasteiger partial charge is 0.422 e. The molecule has 0 aliphatic carbocycles. The van der Waals surface area contributed by atoms with Crippen LogP contribution < -0.4 is 4.74 Å². The van der Waals surface area contributed by atoms with Crippen LogP contribution in [-0.4, -0.2) is 9.55 Å². The normalized spacial score (nSPS) is 10.3. The summed E-state index contributed by atoms with van der Waals surface area (Å²) in [4.78, 5) is 3.94. The van der Waals surface area contributed by atoms with Gasteiger partial charge in [0.25, 0.3) is 0 Å². The van der Waals surface area contributed by atoms with E-state index in [4.69, 9.17) is 4.74 Å². The predicted molar refractivity (Wildman–Crippen MR) is 57.4 cm³/mol. The topological polar surface area (TPSA) is 27.1 Å². The minimum atomic E-state index is -0.424. The van der Waals surface area contributed by atoms with Crippen LogP contribution in [-0.2, 0) is 7.05 Å². The predicted octanol–water partition coefficient (Wildman–Crippen LogP) is 3.11. The van der Waals surface area contributed by atoms with Crippen molar-refractivity contribution in [3.8, 4) is 11.8 Å². The fourth-order valence-electron chi connectivity index (χ4n) is 1.11. The van der Waals surface area contributed by atoms with Gasteiger partial charge in [-0.25, -0.2) is 9.37 Å². The van der Waals surface area contributed by atoms with E-state index >= 15 is 0 Å². The van der Waals surface area contributed by atoms with Crippen LogP contribution in [0.3, 0.4) is 0 Å². The van der Waals surface area contributed by atoms with Gasteiger partial charge in [-0.3, -0.25) is 0 Å². The molecule has 0 unspecified atom stereocenters. The molecule has 0 spiro atoms. The van der Waals surface area contributed by atoms with Crippen LogP contribution in [0.5, 0.6) is 11.8 Å². The smallest absolute Gasteiger partial charge is 0.301 e. The van der Waals surface area contributed by atoms with Gasteiger partial charge < -0.3 is 9.30 Å². The zero-order chi connectivity index (χ0) is 10.8. The molecule has 0 fully saturated rings. The zero-order valence-corrected chi connectivity index (χ0v) is 9.53. The molecular formula is C10H8BrFN2O. The molecule has 0 atom stereocenters. The Bertz CT molecular complexity index is 484. The van der Waals surface area contributed by atoms with E-state index < -0.39 is 5.82 Å². The molecule has 2 rings (SSSR count). The average Bonchev–Trinajstić information content (AvgIpc) is 2.57. The molecule has 0 amide bonds. The van der Waals surface area contributed by atoms with Gasteiger partial charge >= 0.3 is 6.01 Å². The van der Waals surface area contributed by atoms with Gasteiger partial charge in [-0.15, -0.1) is 0 Å². The number of imidazole rings is 1. The molecule has 0 aliphatic heterocycles. The lowest BCUT2D eigenvalue weighted by Gasteiger charge is -2.05. The van der Waals surface area contributed by atoms with Crippen LogP contribution >= 0.6 is 15.9 Å². The highest BCUT2D eigenvalue weighted by molar-refractivity contribution is 9.10. The van der Waals surface area contributed by atoms with Gasteiger partial charge in [0.2, 0.25) is 0 Å². The number of ether oxygens (including phenoxy) is 1. The van der Waals surface area contributed by atoms with Crippen LogP contribution in [0.25, 0.3) is 0 Å². The quantitative estimate of drug-likeness (QED) is 0.839. The van der Waals surface area contributed by atoms with E-state index in [-0.39, 0.29) is 5.75 Å². The Morgan fingerprint density at radius 3 is 2.87 bits per heavy atom. The highest BCUT2D eigenvalue weighted by atomic mass is 79.9. The number of hydrogen-bond donors (Lipinski definition) is 0. The van der Waals surface area contributed by atoms with Crippen molar-refractivity contribution in [3.05, 3.63) is 40.9 Å². The summed E-state index contributed by atoms with van der Waals surface area (Å²) in [6.45, 7) is 0. The average molecular weight is 271 g/mol. The summed E-state index contributed by atoms with van der Waals surface area (Å²) in [6, 6.07) is 4.96. The van der Waals surface area contributed by atoms with Crippen molar-refractivity contribution < 1.29 is 9.13 Å². The Morgan fingerprint density at radius 1 is 1.47 bits per heavy atom. The minimum absolute atomic E-state index is 0.160. The van der Waals surface area contributed by atoms with Crippen molar-refractivity contribution in [1.82, 2.24) is 9.55 Å². The number of hydrogen-bond acceptors (Lipinski definition) is 2. The lowest BCUT2D eigenvalue weighted by Crippen LogP contribution is -1.95. The first kappa shape index (κ1) is 10.2. The summed E-state index contributed by atoms with van der Waals surface area (Å²) >= 11 is 3.17. The number of halogens is 2.